The summed E-state index contributed by atoms with van der Waals surface area (Å²) in [5, 5.41) is 69.5. The molecule has 2 atom stereocenters. The number of hydrogen-bond acceptors (Lipinski definition) is 7. The van der Waals surface area contributed by atoms with Crippen molar-refractivity contribution in [2.45, 2.75) is 12.0 Å². The summed E-state index contributed by atoms with van der Waals surface area (Å²) in [4.78, 5) is 2.23. The first kappa shape index (κ1) is 58.1. The molecule has 3 aromatic heterocycles. The Balaban J connectivity index is 0.742. The number of benzene rings is 13. The Hall–Kier alpha value is -14.5. The van der Waals surface area contributed by atoms with Crippen LogP contribution >= 0.6 is 0 Å². The van der Waals surface area contributed by atoms with Gasteiger partial charge in [0.05, 0.1) is 109 Å². The first-order valence-electron chi connectivity index (χ1n) is 32.9. The number of para-hydroxylation sites is 3. The molecule has 13 aromatic carbocycles. The minimum absolute atomic E-state index is 0.245. The van der Waals surface area contributed by atoms with Gasteiger partial charge in [0.25, 0.3) is 0 Å². The minimum Gasteiger partial charge on any atom is -0.333 e. The summed E-state index contributed by atoms with van der Waals surface area (Å²) in [6, 6.07) is 107. The summed E-state index contributed by atoms with van der Waals surface area (Å²) >= 11 is 0. The van der Waals surface area contributed by atoms with E-state index in [4.69, 9.17) is 0 Å². The van der Waals surface area contributed by atoms with Gasteiger partial charge < -0.3 is 18.6 Å². The summed E-state index contributed by atoms with van der Waals surface area (Å²) in [5.41, 5.74) is 23.2. The van der Waals surface area contributed by atoms with E-state index in [0.29, 0.717) is 33.4 Å². The number of nitriles is 6. The lowest BCUT2D eigenvalue weighted by atomic mass is 9.86. The van der Waals surface area contributed by atoms with Crippen LogP contribution in [0.25, 0.3) is 138 Å². The number of nitrogens with zero attached hydrogens (tertiary/aromatic N) is 10. The maximum absolute atomic E-state index is 11.1. The molecule has 1 aliphatic carbocycles. The summed E-state index contributed by atoms with van der Waals surface area (Å²) in [5.74, 6) is -0.250. The van der Waals surface area contributed by atoms with Crippen LogP contribution < -0.4 is 4.90 Å². The second kappa shape index (κ2) is 23.1. The molecule has 0 N–H and O–H groups in total. The van der Waals surface area contributed by atoms with Crippen LogP contribution in [0.1, 0.15) is 39.3 Å². The predicted molar refractivity (Wildman–Crippen MR) is 398 cm³/mol. The van der Waals surface area contributed by atoms with Gasteiger partial charge in [-0.1, -0.05) is 164 Å². The van der Waals surface area contributed by atoms with Crippen molar-refractivity contribution in [2.75, 3.05) is 4.90 Å². The van der Waals surface area contributed by atoms with Crippen LogP contribution in [0.5, 0.6) is 0 Å². The van der Waals surface area contributed by atoms with Crippen LogP contribution in [-0.4, -0.2) is 19.7 Å². The van der Waals surface area contributed by atoms with Gasteiger partial charge in [0.15, 0.2) is 0 Å². The molecule has 10 nitrogen and oxygen atoms in total. The van der Waals surface area contributed by atoms with E-state index in [1.54, 1.807) is 0 Å². The van der Waals surface area contributed by atoms with Gasteiger partial charge in [-0.3, -0.25) is 0 Å². The van der Waals surface area contributed by atoms with Crippen molar-refractivity contribution in [1.29, 1.82) is 31.6 Å². The van der Waals surface area contributed by atoms with Crippen LogP contribution in [0.15, 0.2) is 297 Å². The molecule has 10 heteroatoms. The van der Waals surface area contributed by atoms with Crippen molar-refractivity contribution >= 4 is 76.8 Å². The van der Waals surface area contributed by atoms with E-state index in [-0.39, 0.29) is 12.0 Å². The van der Waals surface area contributed by atoms with Crippen LogP contribution in [-0.2, 0) is 0 Å². The smallest absolute Gasteiger partial charge is 0.101 e. The van der Waals surface area contributed by atoms with Crippen molar-refractivity contribution in [3.05, 3.63) is 330 Å². The fourth-order valence-corrected chi connectivity index (χ4v) is 16.0. The minimum atomic E-state index is -0.250. The van der Waals surface area contributed by atoms with Gasteiger partial charge in [-0.15, -0.1) is 0 Å². The fourth-order valence-electron chi connectivity index (χ4n) is 16.0. The number of aromatic nitrogens is 3. The second-order valence-corrected chi connectivity index (χ2v) is 25.3. The molecule has 16 aromatic rings. The first-order chi connectivity index (χ1) is 49.4. The lowest BCUT2D eigenvalue weighted by molar-refractivity contribution is 0.740. The Labute approximate surface area is 574 Å². The van der Waals surface area contributed by atoms with Crippen LogP contribution in [0.3, 0.4) is 0 Å². The monoisotopic (exact) mass is 1270 g/mol. The topological polar surface area (TPSA) is 161 Å². The van der Waals surface area contributed by atoms with Gasteiger partial charge in [0.1, 0.15) is 6.07 Å². The Morgan fingerprint density at radius 2 is 0.770 bits per heavy atom. The van der Waals surface area contributed by atoms with Gasteiger partial charge in [0.2, 0.25) is 0 Å². The van der Waals surface area contributed by atoms with Crippen molar-refractivity contribution in [3.63, 3.8) is 0 Å². The molecule has 460 valence electrons. The third kappa shape index (κ3) is 8.84. The van der Waals surface area contributed by atoms with Crippen molar-refractivity contribution in [2.24, 2.45) is 0 Å². The molecule has 1 aliphatic heterocycles. The van der Waals surface area contributed by atoms with Crippen molar-refractivity contribution in [1.82, 2.24) is 13.7 Å². The zero-order valence-corrected chi connectivity index (χ0v) is 53.3. The summed E-state index contributed by atoms with van der Waals surface area (Å²) in [6.07, 6.45) is 5.85. The van der Waals surface area contributed by atoms with Gasteiger partial charge in [-0.25, -0.2) is 0 Å². The third-order valence-corrected chi connectivity index (χ3v) is 20.2. The normalized spacial score (nSPS) is 13.7. The Kier molecular flexibility index (Phi) is 13.4. The Bertz CT molecular complexity index is 6600. The Morgan fingerprint density at radius 3 is 1.40 bits per heavy atom. The molecule has 2 aliphatic rings. The quantitative estimate of drug-likeness (QED) is 0.139. The van der Waals surface area contributed by atoms with Gasteiger partial charge in [-0.05, 0) is 172 Å². The Morgan fingerprint density at radius 1 is 0.300 bits per heavy atom. The fraction of sp³-hybridized carbons (Fsp3) is 0.0222. The molecule has 0 saturated heterocycles. The number of fused-ring (bicyclic) bond motifs is 12. The predicted octanol–water partition coefficient (Wildman–Crippen LogP) is 21.3. The molecule has 100 heavy (non-hydrogen) atoms. The molecule has 0 spiro atoms. The molecular formula is C90H50N10. The molecule has 18 rings (SSSR count). The molecule has 0 radical (unpaired) electrons. The van der Waals surface area contributed by atoms with E-state index < -0.39 is 0 Å². The highest BCUT2D eigenvalue weighted by atomic mass is 15.2. The van der Waals surface area contributed by atoms with Crippen molar-refractivity contribution in [3.8, 4) is 109 Å². The highest BCUT2D eigenvalue weighted by Gasteiger charge is 2.41. The van der Waals surface area contributed by atoms with Crippen LogP contribution in [0.2, 0.25) is 0 Å². The average molecular weight is 1270 g/mol. The average Bonchev–Trinajstić information content (AvgIpc) is 1.79. The standard InChI is InChI=1S/C90H50N10/c91-49-55-35-39-81-74(43-55)76-48-58(38-42-82(76)99(81)84-32-12-17-61(51-93)87(84)71-27-3-2-24-68(71)60-16-10-22-66(46-60)98-79-31-8-5-25-69(79)73-29-11-20-64(54-96)90(73)98)57-37-41-80-75(47-57)70-26-6-7-30-78(70)97(80)65-21-9-15-59(45-65)67-23-1-4-28-72(67)88-62(52-94)18-13-33-85(88)100-83-40-36-56(50-92)44-77(83)89-63(53-95)19-14-34-86(89)100/h1-48,77,83H. The molecule has 0 saturated carbocycles. The van der Waals surface area contributed by atoms with Crippen LogP contribution in [0.4, 0.5) is 11.4 Å². The van der Waals surface area contributed by atoms with E-state index in [1.807, 2.05) is 127 Å². The maximum Gasteiger partial charge on any atom is 0.101 e. The van der Waals surface area contributed by atoms with Gasteiger partial charge >= 0.3 is 0 Å². The van der Waals surface area contributed by atoms with Crippen LogP contribution in [0, 0.1) is 68.0 Å². The summed E-state index contributed by atoms with van der Waals surface area (Å²) in [6.45, 7) is 0. The summed E-state index contributed by atoms with van der Waals surface area (Å²) < 4.78 is 6.73. The third-order valence-electron chi connectivity index (χ3n) is 20.2. The lowest BCUT2D eigenvalue weighted by Crippen LogP contribution is -2.29. The van der Waals surface area contributed by atoms with Crippen molar-refractivity contribution < 1.29 is 0 Å². The van der Waals surface area contributed by atoms with E-state index in [0.717, 1.165) is 155 Å². The molecule has 4 heterocycles. The summed E-state index contributed by atoms with van der Waals surface area (Å²) in [7, 11) is 0. The molecule has 0 bridgehead atoms. The lowest BCUT2D eigenvalue weighted by Gasteiger charge is -2.31. The zero-order valence-electron chi connectivity index (χ0n) is 53.3. The van der Waals surface area contributed by atoms with Gasteiger partial charge in [0, 0.05) is 77.6 Å². The van der Waals surface area contributed by atoms with E-state index in [2.05, 4.69) is 219 Å². The SMILES string of the molecule is N#CC1=CC2c3c(C#N)cccc3N(c3cccc(C#N)c3-c3ccccc3-c3cccc(-n4c5ccccc5c5cc(-c6ccc7c(c6)c6cc(C#N)ccc6n7-c6cccc(C#N)c6-c6ccccc6-c6cccc(-n7c8ccccc8c8cccc(C#N)c87)c6)ccc54)c3)C2C=C1. The zero-order chi connectivity index (χ0) is 67.3. The highest BCUT2D eigenvalue weighted by molar-refractivity contribution is 6.15. The largest absolute Gasteiger partial charge is 0.333 e. The number of allylic oxidation sites excluding steroid dienone is 2. The molecule has 2 unspecified atom stereocenters. The van der Waals surface area contributed by atoms with E-state index in [9.17, 15) is 31.6 Å². The van der Waals surface area contributed by atoms with Gasteiger partial charge in [-0.2, -0.15) is 31.6 Å². The van der Waals surface area contributed by atoms with E-state index >= 15 is 0 Å². The first-order valence-corrected chi connectivity index (χ1v) is 32.9. The maximum atomic E-state index is 11.1. The molecule has 0 amide bonds. The number of anilines is 2. The highest BCUT2D eigenvalue weighted by Crippen LogP contribution is 2.54. The number of hydrogen-bond donors (Lipinski definition) is 0. The van der Waals surface area contributed by atoms with E-state index in [1.165, 1.54) is 0 Å². The number of rotatable bonds is 9. The molecule has 0 fully saturated rings. The second-order valence-electron chi connectivity index (χ2n) is 25.3. The molecular weight excluding hydrogens is 1220 g/mol.